The number of halogens is 2. The molecule has 38 heavy (non-hydrogen) atoms. The monoisotopic (exact) mass is 542 g/mol. The van der Waals surface area contributed by atoms with Crippen LogP contribution >= 0.6 is 0 Å². The summed E-state index contributed by atoms with van der Waals surface area (Å²) in [6.07, 6.45) is 1.71. The number of hydrogen-bond donors (Lipinski definition) is 1. The number of Topliss-reactive ketones (excluding diaryl/α,β-unsaturated/α-hetero) is 1. The number of ketones is 1. The number of rotatable bonds is 9. The van der Waals surface area contributed by atoms with Crippen molar-refractivity contribution in [2.45, 2.75) is 32.6 Å². The Morgan fingerprint density at radius 2 is 1.66 bits per heavy atom. The molecule has 1 N–H and O–H groups in total. The van der Waals surface area contributed by atoms with E-state index < -0.39 is 21.8 Å². The van der Waals surface area contributed by atoms with Gasteiger partial charge in [0.2, 0.25) is 10.0 Å². The van der Waals surface area contributed by atoms with Crippen LogP contribution in [0, 0.1) is 18.6 Å². The van der Waals surface area contributed by atoms with E-state index in [4.69, 9.17) is 4.98 Å². The van der Waals surface area contributed by atoms with E-state index in [1.165, 1.54) is 24.3 Å². The lowest BCUT2D eigenvalue weighted by atomic mass is 9.92. The third-order valence-electron chi connectivity index (χ3n) is 6.78. The molecule has 0 amide bonds. The van der Waals surface area contributed by atoms with Gasteiger partial charge in [-0.3, -0.25) is 9.52 Å². The van der Waals surface area contributed by atoms with Crippen LogP contribution in [0.3, 0.4) is 0 Å². The van der Waals surface area contributed by atoms with E-state index >= 15 is 0 Å². The van der Waals surface area contributed by atoms with Crippen LogP contribution in [0.25, 0.3) is 0 Å². The summed E-state index contributed by atoms with van der Waals surface area (Å²) in [6.45, 7) is 6.70. The molecule has 0 bridgehead atoms. The predicted molar refractivity (Wildman–Crippen MR) is 146 cm³/mol. The van der Waals surface area contributed by atoms with Gasteiger partial charge < -0.3 is 9.80 Å². The zero-order chi connectivity index (χ0) is 27.4. The Morgan fingerprint density at radius 3 is 2.29 bits per heavy atom. The first-order valence-electron chi connectivity index (χ1n) is 12.5. The van der Waals surface area contributed by atoms with Gasteiger partial charge in [-0.25, -0.2) is 22.2 Å². The van der Waals surface area contributed by atoms with Gasteiger partial charge >= 0.3 is 0 Å². The van der Waals surface area contributed by atoms with Gasteiger partial charge in [-0.05, 0) is 66.9 Å². The van der Waals surface area contributed by atoms with Crippen molar-refractivity contribution in [3.63, 3.8) is 0 Å². The zero-order valence-electron chi connectivity index (χ0n) is 21.7. The quantitative estimate of drug-likeness (QED) is 0.423. The number of benzene rings is 2. The van der Waals surface area contributed by atoms with Gasteiger partial charge in [-0.2, -0.15) is 0 Å². The fraction of sp³-hybridized carbons (Fsp3) is 0.357. The summed E-state index contributed by atoms with van der Waals surface area (Å²) in [5.41, 5.74) is 3.20. The lowest BCUT2D eigenvalue weighted by molar-refractivity contribution is -0.120. The van der Waals surface area contributed by atoms with Gasteiger partial charge in [0.1, 0.15) is 23.2 Å². The van der Waals surface area contributed by atoms with Gasteiger partial charge in [0.25, 0.3) is 0 Å². The smallest absolute Gasteiger partial charge is 0.229 e. The SMILES string of the molecule is Cc1ccc(CCC(=O)C(C)c2ccc(NS(C)(=O)=O)c(F)c2)c(N2CCN(c3ccc(F)cc3)CC2)n1. The number of nitrogens with one attached hydrogen (secondary N) is 1. The number of carbonyl (C=O) groups excluding carboxylic acids is 1. The minimum Gasteiger partial charge on any atom is -0.368 e. The first-order valence-corrected chi connectivity index (χ1v) is 14.4. The molecular formula is C28H32F2N4O3S. The number of hydrogen-bond acceptors (Lipinski definition) is 6. The van der Waals surface area contributed by atoms with Crippen molar-refractivity contribution in [1.29, 1.82) is 0 Å². The van der Waals surface area contributed by atoms with Crippen LogP contribution in [-0.4, -0.2) is 51.6 Å². The maximum atomic E-state index is 14.4. The molecule has 1 aromatic heterocycles. The third kappa shape index (κ3) is 6.86. The van der Waals surface area contributed by atoms with E-state index in [1.54, 1.807) is 25.1 Å². The van der Waals surface area contributed by atoms with Crippen molar-refractivity contribution in [1.82, 2.24) is 4.98 Å². The molecule has 0 saturated carbocycles. The van der Waals surface area contributed by atoms with E-state index in [9.17, 15) is 22.0 Å². The molecule has 10 heteroatoms. The van der Waals surface area contributed by atoms with Crippen molar-refractivity contribution >= 4 is 33.0 Å². The second kappa shape index (κ2) is 11.5. The Bertz CT molecular complexity index is 1410. The van der Waals surface area contributed by atoms with E-state index in [0.29, 0.717) is 12.0 Å². The Morgan fingerprint density at radius 1 is 1.00 bits per heavy atom. The van der Waals surface area contributed by atoms with Crippen molar-refractivity contribution in [2.24, 2.45) is 0 Å². The van der Waals surface area contributed by atoms with Crippen LogP contribution in [0.1, 0.15) is 36.1 Å². The highest BCUT2D eigenvalue weighted by Gasteiger charge is 2.23. The van der Waals surface area contributed by atoms with Gasteiger partial charge in [0, 0.05) is 49.9 Å². The summed E-state index contributed by atoms with van der Waals surface area (Å²) in [4.78, 5) is 22.2. The summed E-state index contributed by atoms with van der Waals surface area (Å²) < 4.78 is 52.6. The van der Waals surface area contributed by atoms with Crippen molar-refractivity contribution in [3.8, 4) is 0 Å². The molecule has 1 aliphatic rings. The Kier molecular flexibility index (Phi) is 8.30. The van der Waals surface area contributed by atoms with Crippen LogP contribution in [0.15, 0.2) is 54.6 Å². The second-order valence-electron chi connectivity index (χ2n) is 9.69. The van der Waals surface area contributed by atoms with E-state index in [2.05, 4.69) is 14.5 Å². The molecule has 3 aromatic rings. The lowest BCUT2D eigenvalue weighted by Crippen LogP contribution is -2.47. The Hall–Kier alpha value is -3.53. The number of piperazine rings is 1. The molecule has 1 saturated heterocycles. The first kappa shape index (κ1) is 27.5. The number of nitrogens with zero attached hydrogens (tertiary/aromatic N) is 3. The highest BCUT2D eigenvalue weighted by atomic mass is 32.2. The molecule has 1 fully saturated rings. The van der Waals surface area contributed by atoms with Crippen LogP contribution in [-0.2, 0) is 21.2 Å². The molecule has 0 radical (unpaired) electrons. The van der Waals surface area contributed by atoms with E-state index in [0.717, 1.165) is 55.2 Å². The van der Waals surface area contributed by atoms with Crippen molar-refractivity contribution in [3.05, 3.63) is 83.1 Å². The van der Waals surface area contributed by atoms with E-state index in [1.807, 2.05) is 19.1 Å². The molecule has 4 rings (SSSR count). The largest absolute Gasteiger partial charge is 0.368 e. The van der Waals surface area contributed by atoms with Gasteiger partial charge in [0.05, 0.1) is 11.9 Å². The number of anilines is 3. The Balaban J connectivity index is 1.40. The summed E-state index contributed by atoms with van der Waals surface area (Å²) in [7, 11) is -3.61. The molecule has 0 spiro atoms. The molecule has 1 atom stereocenters. The van der Waals surface area contributed by atoms with Crippen molar-refractivity contribution in [2.75, 3.05) is 47.0 Å². The minimum atomic E-state index is -3.61. The van der Waals surface area contributed by atoms with Crippen LogP contribution < -0.4 is 14.5 Å². The fourth-order valence-electron chi connectivity index (χ4n) is 4.61. The number of carbonyl (C=O) groups is 1. The number of aromatic nitrogens is 1. The topological polar surface area (TPSA) is 82.6 Å². The fourth-order valence-corrected chi connectivity index (χ4v) is 5.18. The summed E-state index contributed by atoms with van der Waals surface area (Å²) in [6, 6.07) is 14.6. The summed E-state index contributed by atoms with van der Waals surface area (Å²) in [5.74, 6) is -0.696. The molecular weight excluding hydrogens is 510 g/mol. The molecule has 0 aliphatic carbocycles. The van der Waals surface area contributed by atoms with Gasteiger partial charge in [-0.15, -0.1) is 0 Å². The highest BCUT2D eigenvalue weighted by Crippen LogP contribution is 2.27. The second-order valence-corrected chi connectivity index (χ2v) is 11.4. The molecule has 2 aromatic carbocycles. The highest BCUT2D eigenvalue weighted by molar-refractivity contribution is 7.92. The Labute approximate surface area is 222 Å². The molecule has 1 unspecified atom stereocenters. The third-order valence-corrected chi connectivity index (χ3v) is 7.37. The first-order chi connectivity index (χ1) is 18.0. The maximum Gasteiger partial charge on any atom is 0.229 e. The van der Waals surface area contributed by atoms with Crippen molar-refractivity contribution < 1.29 is 22.0 Å². The minimum absolute atomic E-state index is 0.0409. The molecule has 7 nitrogen and oxygen atoms in total. The molecule has 1 aliphatic heterocycles. The van der Waals surface area contributed by atoms with Crippen LogP contribution in [0.2, 0.25) is 0 Å². The predicted octanol–water partition coefficient (Wildman–Crippen LogP) is 4.67. The summed E-state index contributed by atoms with van der Waals surface area (Å²) >= 11 is 0. The van der Waals surface area contributed by atoms with E-state index in [-0.39, 0.29) is 23.7 Å². The van der Waals surface area contributed by atoms with Gasteiger partial charge in [-0.1, -0.05) is 19.1 Å². The average Bonchev–Trinajstić information content (AvgIpc) is 2.88. The maximum absolute atomic E-state index is 14.4. The lowest BCUT2D eigenvalue weighted by Gasteiger charge is -2.37. The number of pyridine rings is 1. The normalized spacial score (nSPS) is 14.9. The summed E-state index contributed by atoms with van der Waals surface area (Å²) in [5, 5.41) is 0. The molecule has 2 heterocycles. The number of sulfonamides is 1. The molecule has 202 valence electrons. The van der Waals surface area contributed by atoms with Crippen LogP contribution in [0.4, 0.5) is 26.0 Å². The zero-order valence-corrected chi connectivity index (χ0v) is 22.6. The van der Waals surface area contributed by atoms with Crippen LogP contribution in [0.5, 0.6) is 0 Å². The average molecular weight is 543 g/mol. The standard InChI is InChI=1S/C28H32F2N4O3S/c1-19-4-5-21(28(31-19)34-16-14-33(15-17-34)24-10-8-23(29)9-11-24)7-13-27(35)20(2)22-6-12-26(25(30)18-22)32-38(3,36)37/h4-6,8-12,18,20,32H,7,13-17H2,1-3H3. The van der Waals surface area contributed by atoms with Gasteiger partial charge in [0.15, 0.2) is 0 Å². The number of aryl methyl sites for hydroxylation is 2.